The number of hydrogen-bond acceptors (Lipinski definition) is 3. The van der Waals surface area contributed by atoms with Crippen molar-refractivity contribution in [2.75, 3.05) is 27.2 Å². The van der Waals surface area contributed by atoms with Crippen LogP contribution in [0.5, 0.6) is 0 Å². The van der Waals surface area contributed by atoms with Gasteiger partial charge >= 0.3 is 5.97 Å². The molecule has 0 aromatic heterocycles. The number of rotatable bonds is 2. The summed E-state index contributed by atoms with van der Waals surface area (Å²) in [7, 11) is 3.71. The number of esters is 1. The molecule has 0 aromatic carbocycles. The van der Waals surface area contributed by atoms with E-state index in [4.69, 9.17) is 4.74 Å². The number of hydrogen-bond donors (Lipinski definition) is 0. The summed E-state index contributed by atoms with van der Waals surface area (Å²) < 4.78 is 5.02. The Kier molecular flexibility index (Phi) is 5.04. The fraction of sp³-hybridized carbons (Fsp3) is 0.933. The van der Waals surface area contributed by atoms with Crippen molar-refractivity contribution in [1.29, 1.82) is 0 Å². The van der Waals surface area contributed by atoms with Crippen molar-refractivity contribution in [2.45, 2.75) is 44.9 Å². The second-order valence-electron chi connectivity index (χ2n) is 6.10. The summed E-state index contributed by atoms with van der Waals surface area (Å²) in [5.41, 5.74) is 0. The van der Waals surface area contributed by atoms with E-state index in [0.29, 0.717) is 5.92 Å². The van der Waals surface area contributed by atoms with Crippen LogP contribution in [0, 0.1) is 17.8 Å². The molecule has 2 unspecified atom stereocenters. The molecule has 1 heterocycles. The molecule has 0 spiro atoms. The Hall–Kier alpha value is -0.570. The van der Waals surface area contributed by atoms with Crippen LogP contribution < -0.4 is 0 Å². The first kappa shape index (κ1) is 13.9. The Morgan fingerprint density at radius 1 is 1.11 bits per heavy atom. The lowest BCUT2D eigenvalue weighted by Crippen LogP contribution is -2.44. The molecule has 3 nitrogen and oxygen atoms in total. The minimum atomic E-state index is 0.0253. The molecule has 1 saturated heterocycles. The van der Waals surface area contributed by atoms with Crippen LogP contribution >= 0.6 is 0 Å². The Balaban J connectivity index is 2.05. The van der Waals surface area contributed by atoms with Gasteiger partial charge < -0.3 is 9.64 Å². The van der Waals surface area contributed by atoms with Crippen molar-refractivity contribution in [2.24, 2.45) is 17.8 Å². The van der Waals surface area contributed by atoms with Gasteiger partial charge in [-0.1, -0.05) is 38.5 Å². The smallest absolute Gasteiger partial charge is 0.309 e. The van der Waals surface area contributed by atoms with Crippen LogP contribution in [0.1, 0.15) is 44.9 Å². The SMILES string of the molecule is COC(=O)C1CCN(C)CC1C1CCCCCC1. The summed E-state index contributed by atoms with van der Waals surface area (Å²) in [6.45, 7) is 2.10. The zero-order chi connectivity index (χ0) is 13.0. The molecule has 0 N–H and O–H groups in total. The summed E-state index contributed by atoms with van der Waals surface area (Å²) in [4.78, 5) is 14.4. The predicted molar refractivity (Wildman–Crippen MR) is 72.3 cm³/mol. The maximum absolute atomic E-state index is 12.0. The van der Waals surface area contributed by atoms with E-state index < -0.39 is 0 Å². The number of likely N-dealkylation sites (tertiary alicyclic amines) is 1. The topological polar surface area (TPSA) is 29.5 Å². The van der Waals surface area contributed by atoms with E-state index in [2.05, 4.69) is 11.9 Å². The lowest BCUT2D eigenvalue weighted by Gasteiger charge is -2.39. The number of carbonyl (C=O) groups excluding carboxylic acids is 1. The second-order valence-corrected chi connectivity index (χ2v) is 6.10. The Morgan fingerprint density at radius 2 is 1.78 bits per heavy atom. The summed E-state index contributed by atoms with van der Waals surface area (Å²) in [5.74, 6) is 1.43. The van der Waals surface area contributed by atoms with Crippen LogP contribution in [0.25, 0.3) is 0 Å². The highest BCUT2D eigenvalue weighted by Crippen LogP contribution is 2.37. The van der Waals surface area contributed by atoms with Crippen LogP contribution in [0.2, 0.25) is 0 Å². The van der Waals surface area contributed by atoms with Crippen molar-refractivity contribution >= 4 is 5.97 Å². The standard InChI is InChI=1S/C15H27NO2/c1-16-10-9-13(15(17)18-2)14(11-16)12-7-5-3-4-6-8-12/h12-14H,3-11H2,1-2H3. The lowest BCUT2D eigenvalue weighted by atomic mass is 9.74. The maximum atomic E-state index is 12.0. The zero-order valence-electron chi connectivity index (χ0n) is 11.9. The molecule has 1 aliphatic heterocycles. The van der Waals surface area contributed by atoms with Crippen molar-refractivity contribution in [3.8, 4) is 0 Å². The number of nitrogens with zero attached hydrogens (tertiary/aromatic N) is 1. The minimum absolute atomic E-state index is 0.0253. The molecule has 3 heteroatoms. The van der Waals surface area contributed by atoms with Crippen LogP contribution in [0.4, 0.5) is 0 Å². The first-order valence-corrected chi connectivity index (χ1v) is 7.48. The summed E-state index contributed by atoms with van der Waals surface area (Å²) in [6, 6.07) is 0. The molecule has 0 radical (unpaired) electrons. The molecule has 2 fully saturated rings. The quantitative estimate of drug-likeness (QED) is 0.560. The first-order valence-electron chi connectivity index (χ1n) is 7.48. The largest absolute Gasteiger partial charge is 0.469 e. The van der Waals surface area contributed by atoms with Crippen molar-refractivity contribution in [1.82, 2.24) is 4.90 Å². The molecule has 0 bridgehead atoms. The first-order chi connectivity index (χ1) is 8.72. The van der Waals surface area contributed by atoms with Crippen LogP contribution in [-0.2, 0) is 9.53 Å². The van der Waals surface area contributed by atoms with Gasteiger partial charge in [0.15, 0.2) is 0 Å². The van der Waals surface area contributed by atoms with Crippen LogP contribution in [-0.4, -0.2) is 38.1 Å². The molecule has 2 aliphatic rings. The Morgan fingerprint density at radius 3 is 2.39 bits per heavy atom. The summed E-state index contributed by atoms with van der Waals surface area (Å²) in [5, 5.41) is 0. The van der Waals surface area contributed by atoms with E-state index in [1.807, 2.05) is 0 Å². The lowest BCUT2D eigenvalue weighted by molar-refractivity contribution is -0.150. The highest BCUT2D eigenvalue weighted by atomic mass is 16.5. The van der Waals surface area contributed by atoms with E-state index in [1.165, 1.54) is 45.6 Å². The molecule has 18 heavy (non-hydrogen) atoms. The van der Waals surface area contributed by atoms with E-state index in [-0.39, 0.29) is 11.9 Å². The monoisotopic (exact) mass is 253 g/mol. The average Bonchev–Trinajstić information content (AvgIpc) is 2.66. The predicted octanol–water partition coefficient (Wildman–Crippen LogP) is 2.70. The zero-order valence-corrected chi connectivity index (χ0v) is 11.9. The molecule has 1 saturated carbocycles. The molecule has 0 amide bonds. The fourth-order valence-corrected chi connectivity index (χ4v) is 3.81. The highest BCUT2D eigenvalue weighted by molar-refractivity contribution is 5.72. The summed E-state index contributed by atoms with van der Waals surface area (Å²) in [6.07, 6.45) is 9.05. The Bertz CT molecular complexity index is 272. The fourth-order valence-electron chi connectivity index (χ4n) is 3.81. The number of methoxy groups -OCH3 is 1. The Labute approximate surface area is 111 Å². The van der Waals surface area contributed by atoms with Crippen molar-refractivity contribution in [3.63, 3.8) is 0 Å². The summed E-state index contributed by atoms with van der Waals surface area (Å²) >= 11 is 0. The van der Waals surface area contributed by atoms with Crippen molar-refractivity contribution in [3.05, 3.63) is 0 Å². The van der Waals surface area contributed by atoms with E-state index >= 15 is 0 Å². The van der Waals surface area contributed by atoms with E-state index in [9.17, 15) is 4.79 Å². The maximum Gasteiger partial charge on any atom is 0.309 e. The molecule has 2 rings (SSSR count). The van der Waals surface area contributed by atoms with Gasteiger partial charge in [-0.05, 0) is 31.8 Å². The van der Waals surface area contributed by atoms with Crippen LogP contribution in [0.15, 0.2) is 0 Å². The normalized spacial score (nSPS) is 31.9. The van der Waals surface area contributed by atoms with Gasteiger partial charge in [-0.25, -0.2) is 0 Å². The van der Waals surface area contributed by atoms with Gasteiger partial charge in [-0.15, -0.1) is 0 Å². The van der Waals surface area contributed by atoms with E-state index in [0.717, 1.165) is 25.4 Å². The number of piperidine rings is 1. The number of carbonyl (C=O) groups is 1. The molecular formula is C15H27NO2. The number of ether oxygens (including phenoxy) is 1. The van der Waals surface area contributed by atoms with Gasteiger partial charge in [0.2, 0.25) is 0 Å². The van der Waals surface area contributed by atoms with Crippen molar-refractivity contribution < 1.29 is 9.53 Å². The third-order valence-corrected chi connectivity index (χ3v) is 4.87. The highest BCUT2D eigenvalue weighted by Gasteiger charge is 2.38. The molecule has 104 valence electrons. The van der Waals surface area contributed by atoms with Gasteiger partial charge in [-0.2, -0.15) is 0 Å². The molecule has 1 aliphatic carbocycles. The van der Waals surface area contributed by atoms with Crippen LogP contribution in [0.3, 0.4) is 0 Å². The van der Waals surface area contributed by atoms with E-state index in [1.54, 1.807) is 0 Å². The van der Waals surface area contributed by atoms with Gasteiger partial charge in [0.05, 0.1) is 13.0 Å². The van der Waals surface area contributed by atoms with Gasteiger partial charge in [0.1, 0.15) is 0 Å². The third kappa shape index (κ3) is 3.25. The molecular weight excluding hydrogens is 226 g/mol. The van der Waals surface area contributed by atoms with Gasteiger partial charge in [0.25, 0.3) is 0 Å². The van der Waals surface area contributed by atoms with Gasteiger partial charge in [-0.3, -0.25) is 4.79 Å². The second kappa shape index (κ2) is 6.55. The average molecular weight is 253 g/mol. The van der Waals surface area contributed by atoms with Gasteiger partial charge in [0, 0.05) is 6.54 Å². The minimum Gasteiger partial charge on any atom is -0.469 e. The third-order valence-electron chi connectivity index (χ3n) is 4.87. The molecule has 2 atom stereocenters. The molecule has 0 aromatic rings.